The van der Waals surface area contributed by atoms with E-state index in [9.17, 15) is 9.59 Å². The molecule has 1 aromatic heterocycles. The zero-order valence-electron chi connectivity index (χ0n) is 22.0. The van der Waals surface area contributed by atoms with Crippen molar-refractivity contribution in [3.05, 3.63) is 70.0 Å². The van der Waals surface area contributed by atoms with Gasteiger partial charge in [-0.05, 0) is 81.7 Å². The number of ether oxygens (including phenoxy) is 3. The lowest BCUT2D eigenvalue weighted by atomic mass is 9.73. The first-order chi connectivity index (χ1) is 17.9. The highest BCUT2D eigenvalue weighted by atomic mass is 16.5. The summed E-state index contributed by atoms with van der Waals surface area (Å²) in [5, 5.41) is 3.41. The summed E-state index contributed by atoms with van der Waals surface area (Å²) >= 11 is 0. The Hall–Kier alpha value is -3.48. The number of aryl methyl sites for hydroxylation is 1. The number of furan rings is 1. The molecule has 1 N–H and O–H groups in total. The molecule has 7 heteroatoms. The van der Waals surface area contributed by atoms with Gasteiger partial charge in [-0.1, -0.05) is 12.5 Å². The minimum atomic E-state index is -0.583. The number of allylic oxidation sites excluding steroid dienone is 3. The third kappa shape index (κ3) is 4.91. The van der Waals surface area contributed by atoms with Crippen LogP contribution in [0.1, 0.15) is 80.8 Å². The van der Waals surface area contributed by atoms with Gasteiger partial charge in [-0.15, -0.1) is 0 Å². The van der Waals surface area contributed by atoms with Crippen molar-refractivity contribution in [3.8, 4) is 11.5 Å². The highest BCUT2D eigenvalue weighted by Gasteiger charge is 2.43. The summed E-state index contributed by atoms with van der Waals surface area (Å²) in [4.78, 5) is 27.3. The van der Waals surface area contributed by atoms with Crippen LogP contribution in [0.25, 0.3) is 0 Å². The lowest BCUT2D eigenvalue weighted by Crippen LogP contribution is -2.36. The zero-order chi connectivity index (χ0) is 26.1. The summed E-state index contributed by atoms with van der Waals surface area (Å²) in [6.45, 7) is 3.75. The standard InChI is InChI=1S/C30H35NO6/c1-17-10-12-25(36-17)29-27(30(33)37-21-8-6-5-7-9-21)18(2)31-22-14-20(15-23(32)28(22)29)19-11-13-24(34-3)26(16-19)35-4/h10-13,16,20-21,29,31H,5-9,14-15H2,1-4H3. The number of carbonyl (C=O) groups is 2. The van der Waals surface area contributed by atoms with Crippen molar-refractivity contribution in [1.29, 1.82) is 0 Å². The van der Waals surface area contributed by atoms with Crippen LogP contribution >= 0.6 is 0 Å². The molecule has 2 heterocycles. The smallest absolute Gasteiger partial charge is 0.337 e. The van der Waals surface area contributed by atoms with Gasteiger partial charge in [-0.2, -0.15) is 0 Å². The number of hydrogen-bond donors (Lipinski definition) is 1. The first kappa shape index (κ1) is 25.2. The Balaban J connectivity index is 1.49. The molecule has 1 aliphatic heterocycles. The third-order valence-electron chi connectivity index (χ3n) is 7.80. The van der Waals surface area contributed by atoms with Gasteiger partial charge in [0.1, 0.15) is 17.6 Å². The number of nitrogens with one attached hydrogen (secondary N) is 1. The lowest BCUT2D eigenvalue weighted by Gasteiger charge is -2.36. The predicted molar refractivity (Wildman–Crippen MR) is 139 cm³/mol. The van der Waals surface area contributed by atoms with Crippen LogP contribution in [0.15, 0.2) is 57.3 Å². The Morgan fingerprint density at radius 3 is 2.41 bits per heavy atom. The molecular weight excluding hydrogens is 470 g/mol. The molecule has 2 unspecified atom stereocenters. The van der Waals surface area contributed by atoms with Crippen LogP contribution in [-0.4, -0.2) is 32.1 Å². The van der Waals surface area contributed by atoms with Crippen LogP contribution in [0.3, 0.4) is 0 Å². The minimum Gasteiger partial charge on any atom is -0.493 e. The number of esters is 1. The first-order valence-corrected chi connectivity index (χ1v) is 13.1. The van der Waals surface area contributed by atoms with Crippen molar-refractivity contribution < 1.29 is 28.2 Å². The Kier molecular flexibility index (Phi) is 7.13. The highest BCUT2D eigenvalue weighted by Crippen LogP contribution is 2.47. The third-order valence-corrected chi connectivity index (χ3v) is 7.80. The van der Waals surface area contributed by atoms with Gasteiger partial charge in [0, 0.05) is 23.4 Å². The Morgan fingerprint density at radius 1 is 0.973 bits per heavy atom. The lowest BCUT2D eigenvalue weighted by molar-refractivity contribution is -0.146. The minimum absolute atomic E-state index is 0.00283. The molecule has 2 atom stereocenters. The van der Waals surface area contributed by atoms with E-state index in [2.05, 4.69) is 5.32 Å². The maximum atomic E-state index is 13.8. The normalized spacial score (nSPS) is 22.4. The second kappa shape index (κ2) is 10.5. The van der Waals surface area contributed by atoms with E-state index < -0.39 is 5.92 Å². The van der Waals surface area contributed by atoms with Crippen molar-refractivity contribution in [2.45, 2.75) is 76.7 Å². The number of methoxy groups -OCH3 is 2. The number of hydrogen-bond acceptors (Lipinski definition) is 7. The number of rotatable bonds is 6. The van der Waals surface area contributed by atoms with Gasteiger partial charge < -0.3 is 23.9 Å². The van der Waals surface area contributed by atoms with E-state index in [0.717, 1.165) is 42.7 Å². The second-order valence-electron chi connectivity index (χ2n) is 10.2. The fraction of sp³-hybridized carbons (Fsp3) is 0.467. The quantitative estimate of drug-likeness (QED) is 0.493. The topological polar surface area (TPSA) is 87.0 Å². The molecule has 0 spiro atoms. The Bertz CT molecular complexity index is 1260. The van der Waals surface area contributed by atoms with Crippen molar-refractivity contribution in [1.82, 2.24) is 5.32 Å². The van der Waals surface area contributed by atoms with Gasteiger partial charge in [0.15, 0.2) is 17.3 Å². The van der Waals surface area contributed by atoms with Crippen molar-refractivity contribution >= 4 is 11.8 Å². The van der Waals surface area contributed by atoms with Crippen LogP contribution in [-0.2, 0) is 14.3 Å². The largest absolute Gasteiger partial charge is 0.493 e. The van der Waals surface area contributed by atoms with Crippen LogP contribution in [0.5, 0.6) is 11.5 Å². The predicted octanol–water partition coefficient (Wildman–Crippen LogP) is 5.84. The summed E-state index contributed by atoms with van der Waals surface area (Å²) in [7, 11) is 3.21. The maximum Gasteiger partial charge on any atom is 0.337 e. The van der Waals surface area contributed by atoms with Crippen LogP contribution in [0.2, 0.25) is 0 Å². The summed E-state index contributed by atoms with van der Waals surface area (Å²) in [6.07, 6.45) is 5.97. The molecule has 1 aromatic carbocycles. The molecular formula is C30H35NO6. The number of carbonyl (C=O) groups excluding carboxylic acids is 2. The fourth-order valence-electron chi connectivity index (χ4n) is 5.94. The van der Waals surface area contributed by atoms with E-state index in [4.69, 9.17) is 18.6 Å². The van der Waals surface area contributed by atoms with E-state index in [0.29, 0.717) is 46.9 Å². The summed E-state index contributed by atoms with van der Waals surface area (Å²) in [5.74, 6) is 1.65. The molecule has 2 aromatic rings. The molecule has 7 nitrogen and oxygen atoms in total. The maximum absolute atomic E-state index is 13.8. The van der Waals surface area contributed by atoms with E-state index in [1.54, 1.807) is 14.2 Å². The number of dihydropyridines is 1. The molecule has 2 aliphatic carbocycles. The summed E-state index contributed by atoms with van der Waals surface area (Å²) < 4.78 is 22.9. The molecule has 3 aliphatic rings. The van der Waals surface area contributed by atoms with Gasteiger partial charge in [0.25, 0.3) is 0 Å². The molecule has 1 saturated carbocycles. The van der Waals surface area contributed by atoms with Crippen molar-refractivity contribution in [2.24, 2.45) is 0 Å². The monoisotopic (exact) mass is 505 g/mol. The van der Waals surface area contributed by atoms with E-state index in [1.807, 2.05) is 44.2 Å². The fourth-order valence-corrected chi connectivity index (χ4v) is 5.94. The van der Waals surface area contributed by atoms with Gasteiger partial charge in [-0.25, -0.2) is 4.79 Å². The van der Waals surface area contributed by atoms with Gasteiger partial charge in [-0.3, -0.25) is 4.79 Å². The van der Waals surface area contributed by atoms with Crippen LogP contribution in [0.4, 0.5) is 0 Å². The SMILES string of the molecule is COc1ccc(C2CC(=O)C3=C(C2)NC(C)=C(C(=O)OC2CCCCC2)C3c2ccc(C)o2)cc1OC. The van der Waals surface area contributed by atoms with Gasteiger partial charge >= 0.3 is 5.97 Å². The molecule has 0 radical (unpaired) electrons. The first-order valence-electron chi connectivity index (χ1n) is 13.1. The molecule has 0 saturated heterocycles. The van der Waals surface area contributed by atoms with E-state index in [1.165, 1.54) is 6.42 Å². The molecule has 5 rings (SSSR count). The number of benzene rings is 1. The van der Waals surface area contributed by atoms with Crippen molar-refractivity contribution in [3.63, 3.8) is 0 Å². The van der Waals surface area contributed by atoms with Gasteiger partial charge in [0.2, 0.25) is 0 Å². The Morgan fingerprint density at radius 2 is 1.73 bits per heavy atom. The summed E-state index contributed by atoms with van der Waals surface area (Å²) in [5.41, 5.74) is 3.62. The molecule has 196 valence electrons. The average Bonchev–Trinajstić information content (AvgIpc) is 3.33. The molecule has 1 fully saturated rings. The highest BCUT2D eigenvalue weighted by molar-refractivity contribution is 6.04. The van der Waals surface area contributed by atoms with E-state index >= 15 is 0 Å². The molecule has 0 bridgehead atoms. The number of ketones is 1. The molecule has 37 heavy (non-hydrogen) atoms. The van der Waals surface area contributed by atoms with Crippen molar-refractivity contribution in [2.75, 3.05) is 14.2 Å². The van der Waals surface area contributed by atoms with Crippen LogP contribution < -0.4 is 14.8 Å². The zero-order valence-corrected chi connectivity index (χ0v) is 22.0. The molecule has 0 amide bonds. The van der Waals surface area contributed by atoms with E-state index in [-0.39, 0.29) is 23.8 Å². The van der Waals surface area contributed by atoms with Crippen LogP contribution in [0, 0.1) is 6.92 Å². The number of Topliss-reactive ketones (excluding diaryl/α,β-unsaturated/α-hetero) is 1. The van der Waals surface area contributed by atoms with Gasteiger partial charge in [0.05, 0.1) is 25.7 Å². The average molecular weight is 506 g/mol. The Labute approximate surface area is 217 Å². The second-order valence-corrected chi connectivity index (χ2v) is 10.2. The summed E-state index contributed by atoms with van der Waals surface area (Å²) in [6, 6.07) is 9.53.